The van der Waals surface area contributed by atoms with Crippen molar-refractivity contribution in [2.45, 2.75) is 331 Å². The smallest absolute Gasteiger partial charge is 0.397 e. The molecule has 6 N–H and O–H groups in total. The molecule has 18 heteroatoms. The minimum absolute atomic E-state index is 0.142. The Hall–Kier alpha value is -3.82. The van der Waals surface area contributed by atoms with Crippen molar-refractivity contribution in [3.8, 4) is 0 Å². The Bertz CT molecular complexity index is 2850. The summed E-state index contributed by atoms with van der Waals surface area (Å²) in [7, 11) is -8.89. The van der Waals surface area contributed by atoms with E-state index in [0.29, 0.717) is 30.7 Å². The molecule has 1 heterocycles. The van der Waals surface area contributed by atoms with Crippen molar-refractivity contribution in [1.82, 2.24) is 10.0 Å². The van der Waals surface area contributed by atoms with Gasteiger partial charge in [-0.15, -0.1) is 0 Å². The fourth-order valence-corrected chi connectivity index (χ4v) is 14.8. The van der Waals surface area contributed by atoms with Gasteiger partial charge in [-0.2, -0.15) is 8.42 Å². The van der Waals surface area contributed by atoms with Gasteiger partial charge in [-0.3, -0.25) is 14.1 Å². The second kappa shape index (κ2) is 46.4. The van der Waals surface area contributed by atoms with Gasteiger partial charge in [0.2, 0.25) is 15.9 Å². The van der Waals surface area contributed by atoms with Crippen LogP contribution in [0.4, 0.5) is 0 Å². The molecule has 92 heavy (non-hydrogen) atoms. The molecule has 7 atom stereocenters. The molecule has 0 bridgehead atoms. The predicted octanol–water partition coefficient (Wildman–Crippen LogP) is 16.9. The van der Waals surface area contributed by atoms with Crippen molar-refractivity contribution in [2.24, 2.45) is 0 Å². The number of benzene rings is 4. The first-order chi connectivity index (χ1) is 44.7. The minimum Gasteiger partial charge on any atom is -0.456 e. The number of allylic oxidation sites excluding steroid dienone is 1. The van der Waals surface area contributed by atoms with E-state index in [-0.39, 0.29) is 18.7 Å². The van der Waals surface area contributed by atoms with Crippen LogP contribution in [0.15, 0.2) is 71.6 Å². The van der Waals surface area contributed by atoms with Gasteiger partial charge in [0.05, 0.1) is 24.2 Å². The maximum atomic E-state index is 13.8. The van der Waals surface area contributed by atoms with E-state index < -0.39 is 82.5 Å². The molecule has 4 aromatic rings. The third-order valence-electron chi connectivity index (χ3n) is 18.4. The Balaban J connectivity index is 1.08. The van der Waals surface area contributed by atoms with Gasteiger partial charge in [-0.1, -0.05) is 293 Å². The lowest BCUT2D eigenvalue weighted by Crippen LogP contribution is -2.61. The Morgan fingerprint density at radius 2 is 1.00 bits per heavy atom. The normalized spacial score (nSPS) is 18.0. The summed E-state index contributed by atoms with van der Waals surface area (Å²) in [6.45, 7) is 3.66. The van der Waals surface area contributed by atoms with E-state index in [1.165, 1.54) is 148 Å². The molecule has 0 aromatic heterocycles. The summed E-state index contributed by atoms with van der Waals surface area (Å²) in [5, 5.41) is 40.9. The zero-order valence-corrected chi connectivity index (χ0v) is 58.0. The molecule has 2 unspecified atom stereocenters. The molecule has 4 aromatic carbocycles. The number of ether oxygens (including phenoxy) is 3. The highest BCUT2D eigenvalue weighted by Crippen LogP contribution is 2.37. The number of rotatable bonds is 56. The van der Waals surface area contributed by atoms with Crippen LogP contribution in [0.25, 0.3) is 32.3 Å². The Labute approximate surface area is 554 Å². The molecule has 0 aliphatic carbocycles. The van der Waals surface area contributed by atoms with Crippen LogP contribution in [0, 0.1) is 0 Å². The number of hydrogen-bond donors (Lipinski definition) is 6. The quantitative estimate of drug-likeness (QED) is 0.00792. The topological polar surface area (TPSA) is 244 Å². The number of amides is 1. The highest BCUT2D eigenvalue weighted by Gasteiger charge is 2.48. The van der Waals surface area contributed by atoms with E-state index in [2.05, 4.69) is 46.3 Å². The molecule has 1 aliphatic rings. The van der Waals surface area contributed by atoms with Crippen molar-refractivity contribution in [1.29, 1.82) is 0 Å². The van der Waals surface area contributed by atoms with E-state index in [9.17, 15) is 46.3 Å². The molecule has 1 aliphatic heterocycles. The zero-order chi connectivity index (χ0) is 66.1. The lowest BCUT2D eigenvalue weighted by molar-refractivity contribution is -0.298. The number of unbranched alkanes of at least 4 members (excludes halogenated alkanes) is 37. The van der Waals surface area contributed by atoms with Crippen molar-refractivity contribution >= 4 is 64.6 Å². The second-order valence-corrected chi connectivity index (χ2v) is 29.1. The van der Waals surface area contributed by atoms with Gasteiger partial charge < -0.3 is 34.8 Å². The van der Waals surface area contributed by atoms with Gasteiger partial charge in [0.25, 0.3) is 0 Å². The van der Waals surface area contributed by atoms with Gasteiger partial charge in [-0.05, 0) is 71.2 Å². The molecule has 0 spiro atoms. The molecule has 522 valence electrons. The van der Waals surface area contributed by atoms with Crippen LogP contribution in [0.3, 0.4) is 0 Å². The maximum absolute atomic E-state index is 13.8. The summed E-state index contributed by atoms with van der Waals surface area (Å²) in [4.78, 5) is 27.9. The number of sulfonamides is 1. The number of aliphatic hydroxyl groups is 3. The van der Waals surface area contributed by atoms with Crippen molar-refractivity contribution in [2.75, 3.05) is 19.8 Å². The lowest BCUT2D eigenvalue weighted by atomic mass is 9.94. The van der Waals surface area contributed by atoms with Crippen molar-refractivity contribution in [3.05, 3.63) is 66.7 Å². The monoisotopic (exact) mass is 1320 g/mol. The number of carbonyl (C=O) groups is 2. The van der Waals surface area contributed by atoms with Crippen LogP contribution in [-0.4, -0.2) is 111 Å². The number of nitrogens with one attached hydrogen (secondary N) is 2. The fourth-order valence-electron chi connectivity index (χ4n) is 13.0. The number of hydrogen-bond acceptors (Lipinski definition) is 13. The molecule has 1 fully saturated rings. The molecular formula is C74H120N2O14S2. The van der Waals surface area contributed by atoms with Crippen molar-refractivity contribution < 1.29 is 64.7 Å². The molecule has 5 rings (SSSR count). The predicted molar refractivity (Wildman–Crippen MR) is 372 cm³/mol. The Morgan fingerprint density at radius 1 is 0.554 bits per heavy atom. The average Bonchev–Trinajstić information content (AvgIpc) is 0.738. The SMILES string of the molecule is CCCCCCCCCCCCC/C=C/C(OC(=O)CCCCCCCCCCCNS(=O)(=O)c1ccc2ccc3cccc4ccc1c2c34)C(CO[C@@H]1O[C@H](CO)[C@H](O)[C@H](OS(=O)(=O)O)[C@H]1O)NC(=O)CCCCCCCCCCCCCCCCCCCCC. The molecule has 1 saturated heterocycles. The number of carbonyl (C=O) groups excluding carboxylic acids is 2. The Kier molecular flexibility index (Phi) is 39.7. The van der Waals surface area contributed by atoms with Crippen molar-refractivity contribution in [3.63, 3.8) is 0 Å². The molecular weight excluding hydrogens is 1200 g/mol. The van der Waals surface area contributed by atoms with Crippen LogP contribution in [-0.2, 0) is 48.4 Å². The van der Waals surface area contributed by atoms with Gasteiger partial charge in [-0.25, -0.2) is 17.3 Å². The van der Waals surface area contributed by atoms with Crippen LogP contribution >= 0.6 is 0 Å². The highest BCUT2D eigenvalue weighted by molar-refractivity contribution is 7.89. The van der Waals surface area contributed by atoms with Crippen LogP contribution in [0.2, 0.25) is 0 Å². The summed E-state index contributed by atoms with van der Waals surface area (Å²) in [6.07, 6.45) is 39.6. The summed E-state index contributed by atoms with van der Waals surface area (Å²) < 4.78 is 85.5. The first kappa shape index (κ1) is 78.9. The zero-order valence-electron chi connectivity index (χ0n) is 56.4. The Morgan fingerprint density at radius 3 is 1.50 bits per heavy atom. The van der Waals surface area contributed by atoms with Gasteiger partial charge in [0.15, 0.2) is 6.29 Å². The van der Waals surface area contributed by atoms with Crippen LogP contribution in [0.5, 0.6) is 0 Å². The van der Waals surface area contributed by atoms with E-state index in [0.717, 1.165) is 122 Å². The van der Waals surface area contributed by atoms with E-state index in [4.69, 9.17) is 14.2 Å². The minimum atomic E-state index is -5.17. The van der Waals surface area contributed by atoms with E-state index in [1.807, 2.05) is 36.4 Å². The van der Waals surface area contributed by atoms with E-state index >= 15 is 0 Å². The van der Waals surface area contributed by atoms with Crippen LogP contribution < -0.4 is 10.0 Å². The third-order valence-corrected chi connectivity index (χ3v) is 20.4. The van der Waals surface area contributed by atoms with E-state index in [1.54, 1.807) is 12.1 Å². The van der Waals surface area contributed by atoms with Gasteiger partial charge >= 0.3 is 16.4 Å². The van der Waals surface area contributed by atoms with Gasteiger partial charge in [0, 0.05) is 24.8 Å². The first-order valence-electron chi connectivity index (χ1n) is 36.4. The summed E-state index contributed by atoms with van der Waals surface area (Å²) in [5.41, 5.74) is 0. The number of aliphatic hydroxyl groups excluding tert-OH is 3. The maximum Gasteiger partial charge on any atom is 0.397 e. The van der Waals surface area contributed by atoms with Gasteiger partial charge in [0.1, 0.15) is 30.5 Å². The largest absolute Gasteiger partial charge is 0.456 e. The molecule has 16 nitrogen and oxygen atoms in total. The molecule has 1 amide bonds. The average molecular weight is 1330 g/mol. The summed E-state index contributed by atoms with van der Waals surface area (Å²) in [5.74, 6) is -0.742. The van der Waals surface area contributed by atoms with Crippen LogP contribution in [0.1, 0.15) is 284 Å². The standard InChI is InChI=1S/C74H120N2O14S2/c1-3-5-7-9-11-13-15-17-18-19-20-21-22-24-26-29-33-37-41-48-67(78)76-63(58-87-74-72(81)73(90-92(84,85)86)71(80)65(57-77)89-74)64(47-40-36-32-28-25-23-16-14-12-10-8-6-4-2)88-68(79)49-42-38-34-30-27-31-35-39-43-56-75-91(82,83)66-55-53-61-51-50-59-45-44-46-60-52-54-62(66)70(61)69(59)60/h40,44-47,50-55,63-65,71-75,77,80-81H,3-39,41-43,48-49,56-58H2,1-2H3,(H,76,78)(H,84,85,86)/b47-40+/t63?,64?,65-,71+,72-,73+,74-/m1/s1. The fraction of sp³-hybridized carbons (Fsp3) is 0.730. The first-order valence-corrected chi connectivity index (χ1v) is 39.2. The second-order valence-electron chi connectivity index (χ2n) is 26.3. The number of esters is 1. The summed E-state index contributed by atoms with van der Waals surface area (Å²) in [6, 6.07) is 16.8. The molecule has 0 radical (unpaired) electrons. The molecule has 0 saturated carbocycles. The lowest BCUT2D eigenvalue weighted by Gasteiger charge is -2.41. The third kappa shape index (κ3) is 30.5. The highest BCUT2D eigenvalue weighted by atomic mass is 32.3. The summed E-state index contributed by atoms with van der Waals surface area (Å²) >= 11 is 0.